The second-order valence-corrected chi connectivity index (χ2v) is 4.98. The first-order valence-electron chi connectivity index (χ1n) is 4.07. The van der Waals surface area contributed by atoms with Crippen molar-refractivity contribution in [3.8, 4) is 0 Å². The fraction of sp³-hybridized carbons (Fsp3) is 0.750. The zero-order chi connectivity index (χ0) is 10.2. The summed E-state index contributed by atoms with van der Waals surface area (Å²) in [6.45, 7) is 0.197. The molecule has 0 spiro atoms. The topological polar surface area (TPSA) is 63.6 Å². The molecule has 0 atom stereocenters. The maximum absolute atomic E-state index is 10.7. The van der Waals surface area contributed by atoms with E-state index in [1.54, 1.807) is 0 Å². The fourth-order valence-corrected chi connectivity index (χ4v) is 1.30. The van der Waals surface area contributed by atoms with E-state index in [4.69, 9.17) is 5.11 Å². The average Bonchev–Trinajstić information content (AvgIpc) is 2.01. The number of rotatable bonds is 7. The molecule has 4 nitrogen and oxygen atoms in total. The van der Waals surface area contributed by atoms with E-state index in [1.807, 2.05) is 12.2 Å². The van der Waals surface area contributed by atoms with Gasteiger partial charge < -0.3 is 9.84 Å². The van der Waals surface area contributed by atoms with E-state index in [-0.39, 0.29) is 12.5 Å². The van der Waals surface area contributed by atoms with Crippen LogP contribution >= 0.6 is 0 Å². The first kappa shape index (κ1) is 12.6. The van der Waals surface area contributed by atoms with Gasteiger partial charge in [-0.2, -0.15) is 0 Å². The van der Waals surface area contributed by atoms with Gasteiger partial charge in [-0.1, -0.05) is 12.2 Å². The lowest BCUT2D eigenvalue weighted by atomic mass is 10.3. The second-order valence-electron chi connectivity index (χ2n) is 2.72. The maximum atomic E-state index is 10.7. The molecule has 0 fully saturated rings. The quantitative estimate of drug-likeness (QED) is 0.372. The van der Waals surface area contributed by atoms with Crippen LogP contribution in [-0.2, 0) is 14.6 Å². The van der Waals surface area contributed by atoms with E-state index in [2.05, 4.69) is 4.74 Å². The molecule has 78 valence electrons. The molecule has 1 N–H and O–H groups in total. The van der Waals surface area contributed by atoms with Crippen molar-refractivity contribution in [1.29, 1.82) is 0 Å². The molecule has 0 aromatic heterocycles. The molecule has 5 heteroatoms. The van der Waals surface area contributed by atoms with Crippen molar-refractivity contribution in [2.24, 2.45) is 0 Å². The van der Waals surface area contributed by atoms with Crippen molar-refractivity contribution in [1.82, 2.24) is 0 Å². The summed E-state index contributed by atoms with van der Waals surface area (Å²) in [5.74, 6) is 0.185. The Balaban J connectivity index is 3.32. The van der Waals surface area contributed by atoms with Crippen LogP contribution in [0.3, 0.4) is 0 Å². The van der Waals surface area contributed by atoms with E-state index in [9.17, 15) is 8.42 Å². The van der Waals surface area contributed by atoms with Gasteiger partial charge in [-0.25, -0.2) is 8.42 Å². The molecule has 0 aromatic rings. The van der Waals surface area contributed by atoms with Crippen LogP contribution in [0.5, 0.6) is 0 Å². The smallest absolute Gasteiger partial charge is 0.147 e. The summed E-state index contributed by atoms with van der Waals surface area (Å²) in [5, 5.41) is 8.25. The maximum Gasteiger partial charge on any atom is 0.147 e. The Morgan fingerprint density at radius 3 is 2.46 bits per heavy atom. The van der Waals surface area contributed by atoms with Gasteiger partial charge in [-0.05, 0) is 12.8 Å². The Morgan fingerprint density at radius 1 is 1.31 bits per heavy atom. The summed E-state index contributed by atoms with van der Waals surface area (Å²) in [5.41, 5.74) is 0. The van der Waals surface area contributed by atoms with Crippen LogP contribution in [0.4, 0.5) is 0 Å². The Labute approximate surface area is 79.1 Å². The Bertz CT molecular complexity index is 231. The molecule has 0 aromatic carbocycles. The molecule has 0 saturated heterocycles. The molecule has 0 amide bonds. The molecule has 0 heterocycles. The van der Waals surface area contributed by atoms with Crippen LogP contribution in [0.25, 0.3) is 0 Å². The summed E-state index contributed by atoms with van der Waals surface area (Å²) in [6.07, 6.45) is 6.11. The average molecular weight is 208 g/mol. The Morgan fingerprint density at radius 2 is 1.92 bits per heavy atom. The number of hydrogen-bond acceptors (Lipinski definition) is 4. The molecule has 0 aliphatic rings. The normalized spacial score (nSPS) is 12.5. The Hall–Kier alpha value is -0.390. The molecular formula is C8H16O4S. The van der Waals surface area contributed by atoms with E-state index in [1.165, 1.54) is 6.26 Å². The third kappa shape index (κ3) is 11.6. The lowest BCUT2D eigenvalue weighted by molar-refractivity contribution is 0.000971. The molecule has 0 aliphatic carbocycles. The first-order chi connectivity index (χ1) is 6.06. The van der Waals surface area contributed by atoms with Gasteiger partial charge in [-0.3, -0.25) is 0 Å². The van der Waals surface area contributed by atoms with Gasteiger partial charge in [0.05, 0.1) is 12.4 Å². The van der Waals surface area contributed by atoms with Crippen molar-refractivity contribution >= 4 is 9.84 Å². The van der Waals surface area contributed by atoms with Crippen LogP contribution in [-0.4, -0.2) is 38.9 Å². The number of hydrogen-bond donors (Lipinski definition) is 1. The standard InChI is InChI=1S/C8H16O4S/c1-13(10,11)7-5-3-2-4-6-12-8-9/h2-3,9H,4-8H2,1H3/b3-2+. The van der Waals surface area contributed by atoms with Crippen molar-refractivity contribution < 1.29 is 18.3 Å². The molecule has 0 rings (SSSR count). The highest BCUT2D eigenvalue weighted by molar-refractivity contribution is 7.90. The number of sulfone groups is 1. The van der Waals surface area contributed by atoms with Gasteiger partial charge in [0.2, 0.25) is 0 Å². The van der Waals surface area contributed by atoms with Crippen LogP contribution < -0.4 is 0 Å². The van der Waals surface area contributed by atoms with Gasteiger partial charge in [0.1, 0.15) is 16.6 Å². The number of ether oxygens (including phenoxy) is 1. The van der Waals surface area contributed by atoms with Gasteiger partial charge in [0.25, 0.3) is 0 Å². The fourth-order valence-electron chi connectivity index (χ4n) is 0.734. The zero-order valence-electron chi connectivity index (χ0n) is 7.77. The highest BCUT2D eigenvalue weighted by atomic mass is 32.2. The first-order valence-corrected chi connectivity index (χ1v) is 6.13. The van der Waals surface area contributed by atoms with E-state index >= 15 is 0 Å². The summed E-state index contributed by atoms with van der Waals surface area (Å²) < 4.78 is 26.0. The molecule has 13 heavy (non-hydrogen) atoms. The minimum atomic E-state index is -2.84. The van der Waals surface area contributed by atoms with Crippen molar-refractivity contribution in [2.45, 2.75) is 12.8 Å². The highest BCUT2D eigenvalue weighted by Crippen LogP contribution is 1.92. The molecular weight excluding hydrogens is 192 g/mol. The third-order valence-corrected chi connectivity index (χ3v) is 2.32. The predicted molar refractivity (Wildman–Crippen MR) is 51.1 cm³/mol. The Kier molecular flexibility index (Phi) is 6.84. The van der Waals surface area contributed by atoms with E-state index < -0.39 is 9.84 Å². The monoisotopic (exact) mass is 208 g/mol. The summed E-state index contributed by atoms with van der Waals surface area (Å²) in [7, 11) is -2.84. The number of allylic oxidation sites excluding steroid dienone is 1. The van der Waals surface area contributed by atoms with Crippen LogP contribution in [0.15, 0.2) is 12.2 Å². The molecule has 0 radical (unpaired) electrons. The zero-order valence-corrected chi connectivity index (χ0v) is 8.59. The van der Waals surface area contributed by atoms with Crippen LogP contribution in [0.2, 0.25) is 0 Å². The lowest BCUT2D eigenvalue weighted by Crippen LogP contribution is -2.01. The summed E-state index contributed by atoms with van der Waals surface area (Å²) in [6, 6.07) is 0. The van der Waals surface area contributed by atoms with Gasteiger partial charge in [-0.15, -0.1) is 0 Å². The molecule has 0 aliphatic heterocycles. The van der Waals surface area contributed by atoms with Crippen LogP contribution in [0, 0.1) is 0 Å². The van der Waals surface area contributed by atoms with Crippen LogP contribution in [0.1, 0.15) is 12.8 Å². The largest absolute Gasteiger partial charge is 0.371 e. The third-order valence-electron chi connectivity index (χ3n) is 1.34. The minimum absolute atomic E-state index is 0.185. The summed E-state index contributed by atoms with van der Waals surface area (Å²) in [4.78, 5) is 0. The van der Waals surface area contributed by atoms with Gasteiger partial charge in [0.15, 0.2) is 0 Å². The predicted octanol–water partition coefficient (Wildman–Crippen LogP) is 0.334. The highest BCUT2D eigenvalue weighted by Gasteiger charge is 1.97. The number of aliphatic hydroxyl groups is 1. The summed E-state index contributed by atoms with van der Waals surface area (Å²) >= 11 is 0. The van der Waals surface area contributed by atoms with Gasteiger partial charge >= 0.3 is 0 Å². The number of aliphatic hydroxyl groups excluding tert-OH is 1. The van der Waals surface area contributed by atoms with Crippen molar-refractivity contribution in [2.75, 3.05) is 25.4 Å². The molecule has 0 saturated carbocycles. The van der Waals surface area contributed by atoms with Crippen molar-refractivity contribution in [3.63, 3.8) is 0 Å². The SMILES string of the molecule is CS(=O)(=O)CC/C=C/CCOCO. The van der Waals surface area contributed by atoms with E-state index in [0.717, 1.165) is 0 Å². The minimum Gasteiger partial charge on any atom is -0.371 e. The van der Waals surface area contributed by atoms with Crippen molar-refractivity contribution in [3.05, 3.63) is 12.2 Å². The van der Waals surface area contributed by atoms with E-state index in [0.29, 0.717) is 19.4 Å². The van der Waals surface area contributed by atoms with Gasteiger partial charge in [0, 0.05) is 6.26 Å². The lowest BCUT2D eigenvalue weighted by Gasteiger charge is -1.95. The molecule has 0 bridgehead atoms. The molecule has 0 unspecified atom stereocenters. The second kappa shape index (κ2) is 7.06.